The second kappa shape index (κ2) is 7.51. The average Bonchev–Trinajstić information content (AvgIpc) is 3.14. The lowest BCUT2D eigenvalue weighted by Gasteiger charge is -2.09. The number of amides is 1. The van der Waals surface area contributed by atoms with Crippen molar-refractivity contribution in [2.24, 2.45) is 0 Å². The van der Waals surface area contributed by atoms with Crippen molar-refractivity contribution in [2.45, 2.75) is 27.3 Å². The molecule has 0 saturated heterocycles. The first-order valence-corrected chi connectivity index (χ1v) is 10.5. The molecule has 0 spiro atoms. The van der Waals surface area contributed by atoms with Gasteiger partial charge in [0.1, 0.15) is 5.76 Å². The summed E-state index contributed by atoms with van der Waals surface area (Å²) in [6, 6.07) is 10.5. The van der Waals surface area contributed by atoms with Gasteiger partial charge in [0.2, 0.25) is 10.0 Å². The third-order valence-corrected chi connectivity index (χ3v) is 4.81. The minimum atomic E-state index is -3.35. The molecule has 0 bridgehead atoms. The highest BCUT2D eigenvalue weighted by molar-refractivity contribution is 7.92. The fraction of sp³-hybridized carbons (Fsp3) is 0.263. The minimum Gasteiger partial charge on any atom is -0.360 e. The maximum absolute atomic E-state index is 12.7. The number of aromatic nitrogens is 2. The molecule has 3 rings (SSSR count). The number of sulfonamides is 1. The molecule has 0 aliphatic heterocycles. The summed E-state index contributed by atoms with van der Waals surface area (Å²) in [5.41, 5.74) is 3.41. The number of hydrogen-bond donors (Lipinski definition) is 2. The van der Waals surface area contributed by atoms with Crippen molar-refractivity contribution in [2.75, 3.05) is 11.0 Å². The van der Waals surface area contributed by atoms with E-state index in [-0.39, 0.29) is 12.5 Å². The van der Waals surface area contributed by atoms with Gasteiger partial charge in [0, 0.05) is 29.7 Å². The highest BCUT2D eigenvalue weighted by Crippen LogP contribution is 2.21. The molecule has 3 aromatic rings. The minimum absolute atomic E-state index is 0.221. The van der Waals surface area contributed by atoms with Crippen LogP contribution in [0.4, 0.5) is 5.69 Å². The Kier molecular flexibility index (Phi) is 5.28. The zero-order valence-electron chi connectivity index (χ0n) is 16.1. The highest BCUT2D eigenvalue weighted by atomic mass is 32.2. The van der Waals surface area contributed by atoms with Gasteiger partial charge < -0.3 is 9.84 Å². The van der Waals surface area contributed by atoms with Gasteiger partial charge in [0.05, 0.1) is 11.8 Å². The number of benzene rings is 1. The van der Waals surface area contributed by atoms with Crippen LogP contribution in [-0.2, 0) is 16.6 Å². The van der Waals surface area contributed by atoms with Crippen molar-refractivity contribution >= 4 is 21.6 Å². The summed E-state index contributed by atoms with van der Waals surface area (Å²) in [7, 11) is -3.35. The van der Waals surface area contributed by atoms with E-state index in [4.69, 9.17) is 4.52 Å². The van der Waals surface area contributed by atoms with Crippen LogP contribution in [0.5, 0.6) is 0 Å². The Morgan fingerprint density at radius 3 is 2.57 bits per heavy atom. The van der Waals surface area contributed by atoms with E-state index in [9.17, 15) is 13.2 Å². The number of hydrogen-bond acceptors (Lipinski definition) is 5. The molecule has 0 aliphatic rings. The Labute approximate surface area is 163 Å². The second-order valence-electron chi connectivity index (χ2n) is 6.67. The predicted octanol–water partition coefficient (Wildman–Crippen LogP) is 2.69. The fourth-order valence-electron chi connectivity index (χ4n) is 3.04. The predicted molar refractivity (Wildman–Crippen MR) is 106 cm³/mol. The SMILES string of the molecule is Cc1cc(-n2c(C)cc(C(=O)NCc3cccc(NS(C)(=O)=O)c3)c2C)no1. The van der Waals surface area contributed by atoms with Gasteiger partial charge in [-0.2, -0.15) is 0 Å². The third-order valence-electron chi connectivity index (χ3n) is 4.20. The topological polar surface area (TPSA) is 106 Å². The Bertz CT molecular complexity index is 1130. The fourth-order valence-corrected chi connectivity index (χ4v) is 3.60. The van der Waals surface area contributed by atoms with Gasteiger partial charge in [0.15, 0.2) is 5.82 Å². The van der Waals surface area contributed by atoms with Crippen molar-refractivity contribution in [3.8, 4) is 5.82 Å². The lowest BCUT2D eigenvalue weighted by atomic mass is 10.2. The molecule has 0 fully saturated rings. The number of aryl methyl sites for hydroxylation is 2. The molecule has 8 nitrogen and oxygen atoms in total. The number of anilines is 1. The largest absolute Gasteiger partial charge is 0.360 e. The summed E-state index contributed by atoms with van der Waals surface area (Å²) in [6.45, 7) is 5.83. The summed E-state index contributed by atoms with van der Waals surface area (Å²) >= 11 is 0. The zero-order valence-corrected chi connectivity index (χ0v) is 16.9. The van der Waals surface area contributed by atoms with Gasteiger partial charge >= 0.3 is 0 Å². The van der Waals surface area contributed by atoms with Gasteiger partial charge in [-0.15, -0.1) is 0 Å². The number of rotatable bonds is 6. The lowest BCUT2D eigenvalue weighted by Crippen LogP contribution is -2.23. The van der Waals surface area contributed by atoms with Crippen LogP contribution >= 0.6 is 0 Å². The standard InChI is InChI=1S/C19H22N4O4S/c1-12-8-17(14(3)23(12)18-9-13(2)27-21-18)19(24)20-11-15-6-5-7-16(10-15)22-28(4,25)26/h5-10,22H,11H2,1-4H3,(H,20,24). The van der Waals surface area contributed by atoms with E-state index in [2.05, 4.69) is 15.2 Å². The molecule has 0 unspecified atom stereocenters. The van der Waals surface area contributed by atoms with E-state index >= 15 is 0 Å². The van der Waals surface area contributed by atoms with Crippen LogP contribution in [0, 0.1) is 20.8 Å². The van der Waals surface area contributed by atoms with Crippen molar-refractivity contribution in [1.29, 1.82) is 0 Å². The number of carbonyl (C=O) groups is 1. The van der Waals surface area contributed by atoms with E-state index in [1.807, 2.05) is 37.5 Å². The van der Waals surface area contributed by atoms with E-state index < -0.39 is 10.0 Å². The lowest BCUT2D eigenvalue weighted by molar-refractivity contribution is 0.0950. The molecule has 0 atom stereocenters. The van der Waals surface area contributed by atoms with Gasteiger partial charge in [-0.3, -0.25) is 14.1 Å². The quantitative estimate of drug-likeness (QED) is 0.659. The monoisotopic (exact) mass is 402 g/mol. The van der Waals surface area contributed by atoms with Gasteiger partial charge in [0.25, 0.3) is 5.91 Å². The number of nitrogens with one attached hydrogen (secondary N) is 2. The summed E-state index contributed by atoms with van der Waals surface area (Å²) in [6.07, 6.45) is 1.09. The summed E-state index contributed by atoms with van der Waals surface area (Å²) < 4.78 is 32.1. The Morgan fingerprint density at radius 2 is 1.93 bits per heavy atom. The Balaban J connectivity index is 1.75. The molecular weight excluding hydrogens is 380 g/mol. The first-order chi connectivity index (χ1) is 13.1. The van der Waals surface area contributed by atoms with Crippen LogP contribution < -0.4 is 10.0 Å². The van der Waals surface area contributed by atoms with E-state index in [0.29, 0.717) is 22.8 Å². The van der Waals surface area contributed by atoms with Crippen molar-refractivity contribution in [3.63, 3.8) is 0 Å². The van der Waals surface area contributed by atoms with Crippen LogP contribution in [0.3, 0.4) is 0 Å². The summed E-state index contributed by atoms with van der Waals surface area (Å²) in [4.78, 5) is 12.7. The van der Waals surface area contributed by atoms with Crippen molar-refractivity contribution in [1.82, 2.24) is 15.0 Å². The molecule has 9 heteroatoms. The molecule has 0 saturated carbocycles. The molecule has 28 heavy (non-hydrogen) atoms. The normalized spacial score (nSPS) is 11.4. The van der Waals surface area contributed by atoms with Crippen LogP contribution in [0.2, 0.25) is 0 Å². The molecule has 0 radical (unpaired) electrons. The van der Waals surface area contributed by atoms with Crippen LogP contribution in [-0.4, -0.2) is 30.3 Å². The summed E-state index contributed by atoms with van der Waals surface area (Å²) in [5, 5.41) is 6.88. The average molecular weight is 402 g/mol. The zero-order chi connectivity index (χ0) is 20.5. The highest BCUT2D eigenvalue weighted by Gasteiger charge is 2.18. The number of carbonyl (C=O) groups excluding carboxylic acids is 1. The molecule has 2 aromatic heterocycles. The van der Waals surface area contributed by atoms with Gasteiger partial charge in [-0.25, -0.2) is 8.42 Å². The first-order valence-electron chi connectivity index (χ1n) is 8.61. The molecule has 2 heterocycles. The van der Waals surface area contributed by atoms with E-state index in [1.165, 1.54) is 0 Å². The number of nitrogens with zero attached hydrogens (tertiary/aromatic N) is 2. The molecule has 1 amide bonds. The van der Waals surface area contributed by atoms with Gasteiger partial charge in [-0.1, -0.05) is 17.3 Å². The van der Waals surface area contributed by atoms with E-state index in [0.717, 1.165) is 23.2 Å². The van der Waals surface area contributed by atoms with Crippen LogP contribution in [0.1, 0.15) is 33.1 Å². The first kappa shape index (κ1) is 19.7. The van der Waals surface area contributed by atoms with E-state index in [1.54, 1.807) is 24.3 Å². The summed E-state index contributed by atoms with van der Waals surface area (Å²) in [5.74, 6) is 1.10. The second-order valence-corrected chi connectivity index (χ2v) is 8.42. The molecule has 1 aromatic carbocycles. The van der Waals surface area contributed by atoms with Crippen LogP contribution in [0.15, 0.2) is 40.9 Å². The van der Waals surface area contributed by atoms with Crippen molar-refractivity contribution < 1.29 is 17.7 Å². The van der Waals surface area contributed by atoms with Gasteiger partial charge in [-0.05, 0) is 44.5 Å². The van der Waals surface area contributed by atoms with Crippen LogP contribution in [0.25, 0.3) is 5.82 Å². The maximum atomic E-state index is 12.7. The molecule has 2 N–H and O–H groups in total. The third kappa shape index (κ3) is 4.42. The molecular formula is C19H22N4O4S. The Morgan fingerprint density at radius 1 is 1.18 bits per heavy atom. The maximum Gasteiger partial charge on any atom is 0.253 e. The van der Waals surface area contributed by atoms with Crippen molar-refractivity contribution in [3.05, 3.63) is 64.7 Å². The Hall–Kier alpha value is -3.07. The molecule has 0 aliphatic carbocycles. The smallest absolute Gasteiger partial charge is 0.253 e. The molecule has 148 valence electrons.